The summed E-state index contributed by atoms with van der Waals surface area (Å²) in [4.78, 5) is 11.9. The average molecular weight is 514 g/mol. The molecule has 0 radical (unpaired) electrons. The van der Waals surface area contributed by atoms with E-state index >= 15 is 0 Å². The lowest BCUT2D eigenvalue weighted by molar-refractivity contribution is -0.137. The summed E-state index contributed by atoms with van der Waals surface area (Å²) in [5.41, 5.74) is -1.28. The second-order valence-electron chi connectivity index (χ2n) is 6.85. The highest BCUT2D eigenvalue weighted by molar-refractivity contribution is 7.90. The number of benzene rings is 2. The zero-order valence-electron chi connectivity index (χ0n) is 16.9. The predicted molar refractivity (Wildman–Crippen MR) is 112 cm³/mol. The fraction of sp³-hybridized carbons (Fsp3) is 0.316. The summed E-state index contributed by atoms with van der Waals surface area (Å²) in [6.07, 6.45) is -4.21. The van der Waals surface area contributed by atoms with E-state index in [2.05, 4.69) is 0 Å². The summed E-state index contributed by atoms with van der Waals surface area (Å²) >= 11 is 6.00. The Kier molecular flexibility index (Phi) is 7.84. The number of nitrogens with one attached hydrogen (secondary N) is 1. The minimum atomic E-state index is -4.77. The maximum Gasteiger partial charge on any atom is 0.416 e. The monoisotopic (exact) mass is 513 g/mol. The Hall–Kier alpha value is -2.31. The summed E-state index contributed by atoms with van der Waals surface area (Å²) in [6.45, 7) is 1.59. The molecule has 1 N–H and O–H groups in total. The lowest BCUT2D eigenvalue weighted by Gasteiger charge is -2.14. The Morgan fingerprint density at radius 3 is 2.28 bits per heavy atom. The summed E-state index contributed by atoms with van der Waals surface area (Å²) in [5, 5.41) is -0.157. The van der Waals surface area contributed by atoms with Crippen LogP contribution in [0.5, 0.6) is 11.5 Å². The van der Waals surface area contributed by atoms with E-state index in [0.29, 0.717) is 12.1 Å². The van der Waals surface area contributed by atoms with Crippen LogP contribution in [0.25, 0.3) is 0 Å². The molecule has 0 aliphatic heterocycles. The van der Waals surface area contributed by atoms with Crippen molar-refractivity contribution in [1.29, 1.82) is 0 Å². The van der Waals surface area contributed by atoms with Crippen LogP contribution in [0.2, 0.25) is 5.02 Å². The van der Waals surface area contributed by atoms with Crippen LogP contribution in [0.1, 0.15) is 24.5 Å². The van der Waals surface area contributed by atoms with E-state index < -0.39 is 43.9 Å². The number of ether oxygens (including phenoxy) is 1. The third-order valence-corrected chi connectivity index (χ3v) is 6.85. The van der Waals surface area contributed by atoms with Crippen LogP contribution in [0.4, 0.5) is 13.2 Å². The van der Waals surface area contributed by atoms with Crippen molar-refractivity contribution in [2.24, 2.45) is 0 Å². The molecule has 0 atom stereocenters. The van der Waals surface area contributed by atoms with Crippen molar-refractivity contribution in [2.75, 3.05) is 12.0 Å². The minimum Gasteiger partial charge on any atom is -0.456 e. The van der Waals surface area contributed by atoms with Crippen molar-refractivity contribution in [2.45, 2.75) is 30.8 Å². The van der Waals surface area contributed by atoms with Gasteiger partial charge >= 0.3 is 6.18 Å². The number of hydrogen-bond acceptors (Lipinski definition) is 6. The van der Waals surface area contributed by atoms with Gasteiger partial charge in [0.05, 0.1) is 27.7 Å². The summed E-state index contributed by atoms with van der Waals surface area (Å²) in [6, 6.07) is 5.96. The molecule has 0 aromatic heterocycles. The fourth-order valence-electron chi connectivity index (χ4n) is 2.62. The van der Waals surface area contributed by atoms with Crippen molar-refractivity contribution in [1.82, 2.24) is 4.72 Å². The number of sulfone groups is 1. The number of carbonyl (C=O) groups is 1. The Morgan fingerprint density at radius 1 is 1.09 bits per heavy atom. The highest BCUT2D eigenvalue weighted by Crippen LogP contribution is 2.36. The Bertz CT molecular complexity index is 1230. The molecule has 0 fully saturated rings. The first-order valence-electron chi connectivity index (χ1n) is 9.02. The number of halogens is 4. The molecule has 2 rings (SSSR count). The number of carbonyl (C=O) groups excluding carboxylic acids is 1. The smallest absolute Gasteiger partial charge is 0.416 e. The van der Waals surface area contributed by atoms with Crippen molar-refractivity contribution in [3.05, 3.63) is 52.5 Å². The molecule has 1 amide bonds. The normalized spacial score (nSPS) is 12.4. The lowest BCUT2D eigenvalue weighted by atomic mass is 10.1. The number of sulfonamides is 1. The minimum absolute atomic E-state index is 0.107. The van der Waals surface area contributed by atoms with Gasteiger partial charge in [-0.3, -0.25) is 9.52 Å². The molecule has 0 heterocycles. The van der Waals surface area contributed by atoms with Gasteiger partial charge in [-0.15, -0.1) is 0 Å². The van der Waals surface area contributed by atoms with E-state index in [1.165, 1.54) is 12.1 Å². The van der Waals surface area contributed by atoms with Crippen molar-refractivity contribution in [3.63, 3.8) is 0 Å². The van der Waals surface area contributed by atoms with Crippen molar-refractivity contribution in [3.8, 4) is 11.5 Å². The molecule has 0 aliphatic carbocycles. The standard InChI is InChI=1S/C19H19ClF3NO6S2/c1-3-6-32(28,29)24-18(25)9-12-7-13(19(21,22)23)10-14(8-12)30-17-5-4-15(11-16(17)20)31(2,26)27/h4-5,7-8,10-11H,3,6,9H2,1-2H3,(H,24,25). The fourth-order valence-corrected chi connectivity index (χ4v) is 4.61. The molecule has 7 nitrogen and oxygen atoms in total. The van der Waals surface area contributed by atoms with Gasteiger partial charge in [-0.1, -0.05) is 18.5 Å². The molecular formula is C19H19ClF3NO6S2. The summed E-state index contributed by atoms with van der Waals surface area (Å²) in [7, 11) is -7.45. The average Bonchev–Trinajstić information content (AvgIpc) is 2.60. The first-order valence-corrected chi connectivity index (χ1v) is 12.9. The van der Waals surface area contributed by atoms with Crippen LogP contribution in [0.15, 0.2) is 41.3 Å². The second-order valence-corrected chi connectivity index (χ2v) is 11.1. The Labute approximate surface area is 188 Å². The maximum atomic E-state index is 13.3. The SMILES string of the molecule is CCCS(=O)(=O)NC(=O)Cc1cc(Oc2ccc(S(C)(=O)=O)cc2Cl)cc(C(F)(F)F)c1. The third kappa shape index (κ3) is 7.38. The largest absolute Gasteiger partial charge is 0.456 e. The molecule has 2 aromatic rings. The van der Waals surface area contributed by atoms with E-state index in [-0.39, 0.29) is 39.2 Å². The number of alkyl halides is 3. The lowest BCUT2D eigenvalue weighted by Crippen LogP contribution is -2.33. The van der Waals surface area contributed by atoms with E-state index in [9.17, 15) is 34.8 Å². The van der Waals surface area contributed by atoms with E-state index in [1.54, 1.807) is 11.6 Å². The Balaban J connectivity index is 2.37. The highest BCUT2D eigenvalue weighted by atomic mass is 35.5. The van der Waals surface area contributed by atoms with Gasteiger partial charge in [0.25, 0.3) is 0 Å². The number of hydrogen-bond donors (Lipinski definition) is 1. The van der Waals surface area contributed by atoms with Crippen LogP contribution >= 0.6 is 11.6 Å². The van der Waals surface area contributed by atoms with Crippen molar-refractivity contribution >= 4 is 37.4 Å². The van der Waals surface area contributed by atoms with Crippen LogP contribution < -0.4 is 9.46 Å². The number of rotatable bonds is 8. The van der Waals surface area contributed by atoms with E-state index in [1.807, 2.05) is 0 Å². The molecule has 0 spiro atoms. The zero-order chi connectivity index (χ0) is 24.3. The molecule has 0 saturated carbocycles. The topological polar surface area (TPSA) is 107 Å². The molecular weight excluding hydrogens is 495 g/mol. The highest BCUT2D eigenvalue weighted by Gasteiger charge is 2.32. The Morgan fingerprint density at radius 2 is 1.75 bits per heavy atom. The van der Waals surface area contributed by atoms with Crippen LogP contribution in [0.3, 0.4) is 0 Å². The summed E-state index contributed by atoms with van der Waals surface area (Å²) in [5.74, 6) is -1.75. The maximum absolute atomic E-state index is 13.3. The van der Waals surface area contributed by atoms with Gasteiger partial charge in [0, 0.05) is 6.26 Å². The zero-order valence-corrected chi connectivity index (χ0v) is 19.3. The molecule has 32 heavy (non-hydrogen) atoms. The van der Waals surface area contributed by atoms with E-state index in [4.69, 9.17) is 16.3 Å². The van der Waals surface area contributed by atoms with Crippen molar-refractivity contribution < 1.29 is 39.5 Å². The van der Waals surface area contributed by atoms with Crippen LogP contribution in [-0.2, 0) is 37.3 Å². The third-order valence-electron chi connectivity index (χ3n) is 3.96. The molecule has 0 unspecified atom stereocenters. The van der Waals surface area contributed by atoms with Gasteiger partial charge in [0.1, 0.15) is 11.5 Å². The van der Waals surface area contributed by atoms with Gasteiger partial charge in [0.15, 0.2) is 9.84 Å². The molecule has 2 aromatic carbocycles. The number of amides is 1. The molecule has 0 saturated heterocycles. The molecule has 0 aliphatic rings. The van der Waals surface area contributed by atoms with Crippen LogP contribution in [-0.4, -0.2) is 34.8 Å². The van der Waals surface area contributed by atoms with Gasteiger partial charge < -0.3 is 4.74 Å². The molecule has 0 bridgehead atoms. The van der Waals surface area contributed by atoms with Gasteiger partial charge in [-0.2, -0.15) is 13.2 Å². The quantitative estimate of drug-likeness (QED) is 0.573. The first kappa shape index (κ1) is 25.9. The van der Waals surface area contributed by atoms with Gasteiger partial charge in [-0.25, -0.2) is 16.8 Å². The van der Waals surface area contributed by atoms with Gasteiger partial charge in [-0.05, 0) is 48.4 Å². The van der Waals surface area contributed by atoms with Gasteiger partial charge in [0.2, 0.25) is 15.9 Å². The first-order chi connectivity index (χ1) is 14.6. The van der Waals surface area contributed by atoms with Crippen LogP contribution in [0, 0.1) is 0 Å². The molecule has 13 heteroatoms. The molecule has 176 valence electrons. The van der Waals surface area contributed by atoms with E-state index in [0.717, 1.165) is 18.4 Å². The second kappa shape index (κ2) is 9.67. The predicted octanol–water partition coefficient (Wildman–Crippen LogP) is 3.95. The summed E-state index contributed by atoms with van der Waals surface area (Å²) < 4.78 is 93.7.